The molecule has 1 heterocycles. The summed E-state index contributed by atoms with van der Waals surface area (Å²) >= 11 is 0. The van der Waals surface area contributed by atoms with Crippen molar-refractivity contribution in [2.24, 2.45) is 12.0 Å². The molecule has 1 aromatic heterocycles. The smallest absolute Gasteiger partial charge is 0.191 e. The molecule has 24 heavy (non-hydrogen) atoms. The Labute approximate surface area is 142 Å². The highest BCUT2D eigenvalue weighted by Crippen LogP contribution is 2.18. The molecule has 0 aliphatic heterocycles. The van der Waals surface area contributed by atoms with Gasteiger partial charge in [-0.3, -0.25) is 9.67 Å². The van der Waals surface area contributed by atoms with Crippen LogP contribution in [0.5, 0.6) is 0 Å². The van der Waals surface area contributed by atoms with Crippen molar-refractivity contribution in [2.75, 3.05) is 13.6 Å². The fourth-order valence-corrected chi connectivity index (χ4v) is 2.80. The average Bonchev–Trinajstić information content (AvgIpc) is 3.03. The summed E-state index contributed by atoms with van der Waals surface area (Å²) in [5, 5.41) is 13.5. The summed E-state index contributed by atoms with van der Waals surface area (Å²) in [5.41, 5.74) is 2.47. The number of hydrogen-bond acceptors (Lipinski definition) is 2. The maximum atomic E-state index is 4.28. The summed E-state index contributed by atoms with van der Waals surface area (Å²) in [6.45, 7) is 1.53. The number of rotatable bonds is 5. The number of aromatic nitrogens is 2. The number of fused-ring (bicyclic) bond motifs is 1. The van der Waals surface area contributed by atoms with E-state index in [1.807, 2.05) is 17.8 Å². The minimum Gasteiger partial charge on any atom is -0.356 e. The number of benzene rings is 2. The molecule has 0 radical (unpaired) electrons. The minimum absolute atomic E-state index is 0.699. The van der Waals surface area contributed by atoms with E-state index in [2.05, 4.69) is 63.2 Å². The van der Waals surface area contributed by atoms with Crippen molar-refractivity contribution < 1.29 is 0 Å². The zero-order chi connectivity index (χ0) is 16.8. The van der Waals surface area contributed by atoms with Crippen LogP contribution in [0.25, 0.3) is 10.8 Å². The van der Waals surface area contributed by atoms with Crippen LogP contribution in [0.3, 0.4) is 0 Å². The van der Waals surface area contributed by atoms with E-state index < -0.39 is 0 Å². The van der Waals surface area contributed by atoms with Gasteiger partial charge in [0, 0.05) is 26.8 Å². The molecule has 0 spiro atoms. The van der Waals surface area contributed by atoms with E-state index in [1.54, 1.807) is 13.2 Å². The van der Waals surface area contributed by atoms with Crippen molar-refractivity contribution in [1.29, 1.82) is 0 Å². The molecule has 2 aromatic carbocycles. The van der Waals surface area contributed by atoms with Crippen LogP contribution in [0.2, 0.25) is 0 Å². The second kappa shape index (κ2) is 7.64. The second-order valence-corrected chi connectivity index (χ2v) is 5.69. The lowest BCUT2D eigenvalue weighted by Gasteiger charge is -2.13. The summed E-state index contributed by atoms with van der Waals surface area (Å²) in [6, 6.07) is 17.0. The first-order valence-electron chi connectivity index (χ1n) is 8.16. The standard InChI is InChI=1S/C19H23N5/c1-20-19(22-14-17-11-13-23-24(17)2)21-12-10-16-8-5-7-15-6-3-4-9-18(15)16/h3-9,11,13H,10,12,14H2,1-2H3,(H2,20,21,22). The van der Waals surface area contributed by atoms with E-state index in [4.69, 9.17) is 0 Å². The molecule has 0 aliphatic rings. The van der Waals surface area contributed by atoms with E-state index >= 15 is 0 Å². The van der Waals surface area contributed by atoms with Gasteiger partial charge in [-0.2, -0.15) is 5.10 Å². The van der Waals surface area contributed by atoms with Gasteiger partial charge in [-0.05, 0) is 28.8 Å². The zero-order valence-electron chi connectivity index (χ0n) is 14.2. The Bertz CT molecular complexity index is 829. The van der Waals surface area contributed by atoms with Gasteiger partial charge in [0.15, 0.2) is 5.96 Å². The number of nitrogens with one attached hydrogen (secondary N) is 2. The van der Waals surface area contributed by atoms with Gasteiger partial charge in [-0.1, -0.05) is 42.5 Å². The van der Waals surface area contributed by atoms with Gasteiger partial charge in [-0.25, -0.2) is 0 Å². The Kier molecular flexibility index (Phi) is 5.11. The van der Waals surface area contributed by atoms with Crippen LogP contribution >= 0.6 is 0 Å². The Morgan fingerprint density at radius 1 is 1.08 bits per heavy atom. The highest BCUT2D eigenvalue weighted by molar-refractivity contribution is 5.85. The maximum Gasteiger partial charge on any atom is 0.191 e. The number of nitrogens with zero attached hydrogens (tertiary/aromatic N) is 3. The molecule has 5 heteroatoms. The largest absolute Gasteiger partial charge is 0.356 e. The molecule has 3 rings (SSSR count). The normalized spacial score (nSPS) is 11.7. The lowest BCUT2D eigenvalue weighted by Crippen LogP contribution is -2.38. The third-order valence-electron chi connectivity index (χ3n) is 4.15. The van der Waals surface area contributed by atoms with Crippen molar-refractivity contribution in [3.05, 3.63) is 66.0 Å². The van der Waals surface area contributed by atoms with Crippen LogP contribution in [-0.2, 0) is 20.0 Å². The topological polar surface area (TPSA) is 54.2 Å². The predicted molar refractivity (Wildman–Crippen MR) is 99.1 cm³/mol. The molecular weight excluding hydrogens is 298 g/mol. The monoisotopic (exact) mass is 321 g/mol. The van der Waals surface area contributed by atoms with Crippen molar-refractivity contribution in [3.8, 4) is 0 Å². The summed E-state index contributed by atoms with van der Waals surface area (Å²) in [7, 11) is 3.73. The highest BCUT2D eigenvalue weighted by atomic mass is 15.3. The van der Waals surface area contributed by atoms with Crippen molar-refractivity contribution in [3.63, 3.8) is 0 Å². The lowest BCUT2D eigenvalue weighted by molar-refractivity contribution is 0.684. The molecule has 124 valence electrons. The summed E-state index contributed by atoms with van der Waals surface area (Å²) in [6.07, 6.45) is 2.75. The molecule has 0 unspecified atom stereocenters. The molecule has 3 aromatic rings. The number of guanidine groups is 1. The minimum atomic E-state index is 0.699. The third-order valence-corrected chi connectivity index (χ3v) is 4.15. The molecule has 0 saturated heterocycles. The number of aryl methyl sites for hydroxylation is 1. The molecule has 0 bridgehead atoms. The van der Waals surface area contributed by atoms with Crippen LogP contribution in [0.4, 0.5) is 0 Å². The first-order valence-corrected chi connectivity index (χ1v) is 8.16. The molecule has 5 nitrogen and oxygen atoms in total. The summed E-state index contributed by atoms with van der Waals surface area (Å²) in [4.78, 5) is 4.28. The van der Waals surface area contributed by atoms with E-state index in [9.17, 15) is 0 Å². The fourth-order valence-electron chi connectivity index (χ4n) is 2.80. The van der Waals surface area contributed by atoms with Crippen LogP contribution in [0.15, 0.2) is 59.7 Å². The van der Waals surface area contributed by atoms with Gasteiger partial charge < -0.3 is 10.6 Å². The SMILES string of the molecule is CN=C(NCCc1cccc2ccccc12)NCc1ccnn1C. The highest BCUT2D eigenvalue weighted by Gasteiger charge is 2.03. The third kappa shape index (κ3) is 3.74. The Morgan fingerprint density at radius 3 is 2.71 bits per heavy atom. The second-order valence-electron chi connectivity index (χ2n) is 5.69. The zero-order valence-corrected chi connectivity index (χ0v) is 14.2. The molecular formula is C19H23N5. The molecule has 0 atom stereocenters. The molecule has 0 aliphatic carbocycles. The van der Waals surface area contributed by atoms with Crippen LogP contribution in [-0.4, -0.2) is 29.3 Å². The average molecular weight is 321 g/mol. The number of aliphatic imine (C=N–C) groups is 1. The first-order chi connectivity index (χ1) is 11.8. The molecule has 2 N–H and O–H groups in total. The van der Waals surface area contributed by atoms with E-state index in [0.717, 1.165) is 24.6 Å². The van der Waals surface area contributed by atoms with Gasteiger partial charge in [0.05, 0.1) is 12.2 Å². The van der Waals surface area contributed by atoms with Crippen molar-refractivity contribution in [2.45, 2.75) is 13.0 Å². The van der Waals surface area contributed by atoms with Gasteiger partial charge in [0.1, 0.15) is 0 Å². The van der Waals surface area contributed by atoms with Crippen LogP contribution in [0.1, 0.15) is 11.3 Å². The maximum absolute atomic E-state index is 4.28. The van der Waals surface area contributed by atoms with Crippen LogP contribution in [0, 0.1) is 0 Å². The summed E-state index contributed by atoms with van der Waals surface area (Å²) < 4.78 is 1.86. The molecule has 0 amide bonds. The van der Waals surface area contributed by atoms with Gasteiger partial charge >= 0.3 is 0 Å². The summed E-state index contributed by atoms with van der Waals surface area (Å²) in [5.74, 6) is 0.802. The van der Waals surface area contributed by atoms with Gasteiger partial charge in [0.2, 0.25) is 0 Å². The van der Waals surface area contributed by atoms with Crippen molar-refractivity contribution in [1.82, 2.24) is 20.4 Å². The predicted octanol–water partition coefficient (Wildman–Crippen LogP) is 2.48. The molecule has 0 saturated carbocycles. The fraction of sp³-hybridized carbons (Fsp3) is 0.263. The van der Waals surface area contributed by atoms with Gasteiger partial charge in [0.25, 0.3) is 0 Å². The van der Waals surface area contributed by atoms with E-state index in [0.29, 0.717) is 6.54 Å². The Hall–Kier alpha value is -2.82. The van der Waals surface area contributed by atoms with Crippen molar-refractivity contribution >= 4 is 16.7 Å². The Balaban J connectivity index is 1.55. The van der Waals surface area contributed by atoms with Crippen LogP contribution < -0.4 is 10.6 Å². The lowest BCUT2D eigenvalue weighted by atomic mass is 10.0. The van der Waals surface area contributed by atoms with E-state index in [1.165, 1.54) is 16.3 Å². The Morgan fingerprint density at radius 2 is 1.92 bits per heavy atom. The quantitative estimate of drug-likeness (QED) is 0.561. The number of hydrogen-bond donors (Lipinski definition) is 2. The van der Waals surface area contributed by atoms with Gasteiger partial charge in [-0.15, -0.1) is 0 Å². The molecule has 0 fully saturated rings. The first kappa shape index (κ1) is 16.1. The van der Waals surface area contributed by atoms with E-state index in [-0.39, 0.29) is 0 Å².